The van der Waals surface area contributed by atoms with Gasteiger partial charge in [-0.3, -0.25) is 9.78 Å². The molecule has 0 aliphatic carbocycles. The first-order valence-electron chi connectivity index (χ1n) is 5.10. The smallest absolute Gasteiger partial charge is 0.241 e. The number of ether oxygens (including phenoxy) is 1. The van der Waals surface area contributed by atoms with E-state index in [1.807, 2.05) is 13.8 Å². The molecule has 16 heavy (non-hydrogen) atoms. The summed E-state index contributed by atoms with van der Waals surface area (Å²) in [5.41, 5.74) is 6.26. The highest BCUT2D eigenvalue weighted by atomic mass is 16.5. The minimum Gasteiger partial charge on any atom is -0.494 e. The SMILES string of the molecule is COc1ccncc1NC(=O)[C@@H](N)C(C)C. The van der Waals surface area contributed by atoms with Crippen molar-refractivity contribution in [1.82, 2.24) is 4.98 Å². The van der Waals surface area contributed by atoms with Crippen LogP contribution in [0.5, 0.6) is 5.75 Å². The van der Waals surface area contributed by atoms with Crippen LogP contribution in [0.2, 0.25) is 0 Å². The molecule has 5 heteroatoms. The fourth-order valence-electron chi connectivity index (χ4n) is 1.17. The van der Waals surface area contributed by atoms with Gasteiger partial charge < -0.3 is 15.8 Å². The van der Waals surface area contributed by atoms with Gasteiger partial charge in [-0.05, 0) is 5.92 Å². The lowest BCUT2D eigenvalue weighted by Gasteiger charge is -2.16. The molecule has 0 saturated carbocycles. The Labute approximate surface area is 95.0 Å². The Bertz CT molecular complexity index is 366. The van der Waals surface area contributed by atoms with E-state index in [9.17, 15) is 4.79 Å². The van der Waals surface area contributed by atoms with Crippen LogP contribution in [0, 0.1) is 5.92 Å². The zero-order valence-corrected chi connectivity index (χ0v) is 9.73. The van der Waals surface area contributed by atoms with E-state index in [0.717, 1.165) is 0 Å². The van der Waals surface area contributed by atoms with Crippen molar-refractivity contribution in [2.75, 3.05) is 12.4 Å². The van der Waals surface area contributed by atoms with Crippen LogP contribution in [-0.2, 0) is 4.79 Å². The van der Waals surface area contributed by atoms with E-state index in [4.69, 9.17) is 10.5 Å². The summed E-state index contributed by atoms with van der Waals surface area (Å²) in [7, 11) is 1.54. The van der Waals surface area contributed by atoms with E-state index in [1.165, 1.54) is 13.3 Å². The van der Waals surface area contributed by atoms with Gasteiger partial charge in [-0.15, -0.1) is 0 Å². The molecule has 1 atom stereocenters. The van der Waals surface area contributed by atoms with Crippen LogP contribution >= 0.6 is 0 Å². The Morgan fingerprint density at radius 3 is 2.81 bits per heavy atom. The molecule has 1 amide bonds. The van der Waals surface area contributed by atoms with Crippen molar-refractivity contribution < 1.29 is 9.53 Å². The number of hydrogen-bond donors (Lipinski definition) is 2. The molecule has 0 bridgehead atoms. The largest absolute Gasteiger partial charge is 0.494 e. The van der Waals surface area contributed by atoms with E-state index >= 15 is 0 Å². The summed E-state index contributed by atoms with van der Waals surface area (Å²) in [5.74, 6) is 0.420. The first-order valence-corrected chi connectivity index (χ1v) is 5.10. The lowest BCUT2D eigenvalue weighted by atomic mass is 10.1. The van der Waals surface area contributed by atoms with Crippen molar-refractivity contribution >= 4 is 11.6 Å². The van der Waals surface area contributed by atoms with Gasteiger partial charge in [-0.2, -0.15) is 0 Å². The van der Waals surface area contributed by atoms with E-state index in [-0.39, 0.29) is 11.8 Å². The topological polar surface area (TPSA) is 77.2 Å². The zero-order valence-electron chi connectivity index (χ0n) is 9.73. The fraction of sp³-hybridized carbons (Fsp3) is 0.455. The summed E-state index contributed by atoms with van der Waals surface area (Å²) in [4.78, 5) is 15.6. The lowest BCUT2D eigenvalue weighted by Crippen LogP contribution is -2.39. The average molecular weight is 223 g/mol. The highest BCUT2D eigenvalue weighted by Crippen LogP contribution is 2.21. The Morgan fingerprint density at radius 1 is 1.56 bits per heavy atom. The monoisotopic (exact) mass is 223 g/mol. The summed E-state index contributed by atoms with van der Waals surface area (Å²) < 4.78 is 5.09. The van der Waals surface area contributed by atoms with Crippen LogP contribution in [0.15, 0.2) is 18.5 Å². The van der Waals surface area contributed by atoms with Crippen LogP contribution in [0.4, 0.5) is 5.69 Å². The number of nitrogens with two attached hydrogens (primary N) is 1. The van der Waals surface area contributed by atoms with Crippen molar-refractivity contribution in [3.63, 3.8) is 0 Å². The van der Waals surface area contributed by atoms with Gasteiger partial charge in [0.2, 0.25) is 5.91 Å². The second-order valence-corrected chi connectivity index (χ2v) is 3.84. The number of methoxy groups -OCH3 is 1. The van der Waals surface area contributed by atoms with Crippen molar-refractivity contribution in [3.05, 3.63) is 18.5 Å². The summed E-state index contributed by atoms with van der Waals surface area (Å²) in [6.07, 6.45) is 3.13. The van der Waals surface area contributed by atoms with E-state index < -0.39 is 6.04 Å². The molecule has 0 aliphatic rings. The van der Waals surface area contributed by atoms with Gasteiger partial charge in [0.05, 0.1) is 19.3 Å². The molecule has 5 nitrogen and oxygen atoms in total. The molecule has 0 spiro atoms. The highest BCUT2D eigenvalue weighted by molar-refractivity contribution is 5.95. The molecule has 88 valence electrons. The third kappa shape index (κ3) is 2.93. The standard InChI is InChI=1S/C11H17N3O2/c1-7(2)10(12)11(15)14-8-6-13-5-4-9(8)16-3/h4-7,10H,12H2,1-3H3,(H,14,15)/t10-/m0/s1. The molecule has 1 heterocycles. The number of carbonyl (C=O) groups excluding carboxylic acids is 1. The molecule has 0 unspecified atom stereocenters. The second kappa shape index (κ2) is 5.46. The van der Waals surface area contributed by atoms with Gasteiger partial charge in [0.1, 0.15) is 11.4 Å². The summed E-state index contributed by atoms with van der Waals surface area (Å²) >= 11 is 0. The number of carbonyl (C=O) groups is 1. The maximum absolute atomic E-state index is 11.7. The minimum absolute atomic E-state index is 0.0858. The lowest BCUT2D eigenvalue weighted by molar-refractivity contribution is -0.118. The number of hydrogen-bond acceptors (Lipinski definition) is 4. The number of nitrogens with one attached hydrogen (secondary N) is 1. The predicted octanol–water partition coefficient (Wildman–Crippen LogP) is 1.01. The molecule has 1 rings (SSSR count). The third-order valence-corrected chi connectivity index (χ3v) is 2.28. The van der Waals surface area contributed by atoms with Crippen LogP contribution in [0.3, 0.4) is 0 Å². The van der Waals surface area contributed by atoms with Crippen molar-refractivity contribution in [2.45, 2.75) is 19.9 Å². The molecule has 0 saturated heterocycles. The number of anilines is 1. The molecule has 3 N–H and O–H groups in total. The number of rotatable bonds is 4. The molecule has 0 aliphatic heterocycles. The Morgan fingerprint density at radius 2 is 2.25 bits per heavy atom. The van der Waals surface area contributed by atoms with Crippen LogP contribution in [0.25, 0.3) is 0 Å². The number of aromatic nitrogens is 1. The first-order chi connectivity index (χ1) is 7.56. The van der Waals surface area contributed by atoms with Gasteiger partial charge in [0.15, 0.2) is 0 Å². The highest BCUT2D eigenvalue weighted by Gasteiger charge is 2.18. The first kappa shape index (κ1) is 12.4. The van der Waals surface area contributed by atoms with E-state index in [2.05, 4.69) is 10.3 Å². The van der Waals surface area contributed by atoms with Crippen LogP contribution < -0.4 is 15.8 Å². The molecular weight excluding hydrogens is 206 g/mol. The zero-order chi connectivity index (χ0) is 12.1. The number of nitrogens with zero attached hydrogens (tertiary/aromatic N) is 1. The van der Waals surface area contributed by atoms with Gasteiger partial charge in [-0.1, -0.05) is 13.8 Å². The molecule has 0 fully saturated rings. The Kier molecular flexibility index (Phi) is 4.25. The molecule has 1 aromatic heterocycles. The van der Waals surface area contributed by atoms with E-state index in [1.54, 1.807) is 12.3 Å². The van der Waals surface area contributed by atoms with Crippen molar-refractivity contribution in [3.8, 4) is 5.75 Å². The van der Waals surface area contributed by atoms with Gasteiger partial charge in [0, 0.05) is 12.3 Å². The maximum atomic E-state index is 11.7. The Balaban J connectivity index is 2.76. The van der Waals surface area contributed by atoms with Gasteiger partial charge >= 0.3 is 0 Å². The van der Waals surface area contributed by atoms with Crippen LogP contribution in [-0.4, -0.2) is 24.0 Å². The quantitative estimate of drug-likeness (QED) is 0.798. The maximum Gasteiger partial charge on any atom is 0.241 e. The number of pyridine rings is 1. The minimum atomic E-state index is -0.537. The van der Waals surface area contributed by atoms with Crippen LogP contribution in [0.1, 0.15) is 13.8 Å². The third-order valence-electron chi connectivity index (χ3n) is 2.28. The van der Waals surface area contributed by atoms with Crippen molar-refractivity contribution in [1.29, 1.82) is 0 Å². The average Bonchev–Trinajstić information content (AvgIpc) is 2.28. The fourth-order valence-corrected chi connectivity index (χ4v) is 1.17. The summed E-state index contributed by atoms with van der Waals surface area (Å²) in [6, 6.07) is 1.14. The molecule has 0 aromatic carbocycles. The van der Waals surface area contributed by atoms with Gasteiger partial charge in [0.25, 0.3) is 0 Å². The molecule has 1 aromatic rings. The Hall–Kier alpha value is -1.62. The van der Waals surface area contributed by atoms with E-state index in [0.29, 0.717) is 11.4 Å². The molecule has 0 radical (unpaired) electrons. The number of amides is 1. The summed E-state index contributed by atoms with van der Waals surface area (Å²) in [6.45, 7) is 3.79. The second-order valence-electron chi connectivity index (χ2n) is 3.84. The molecular formula is C11H17N3O2. The normalized spacial score (nSPS) is 12.3. The van der Waals surface area contributed by atoms with Crippen molar-refractivity contribution in [2.24, 2.45) is 11.7 Å². The van der Waals surface area contributed by atoms with Gasteiger partial charge in [-0.25, -0.2) is 0 Å². The summed E-state index contributed by atoms with van der Waals surface area (Å²) in [5, 5.41) is 2.69. The predicted molar refractivity (Wildman–Crippen MR) is 62.2 cm³/mol.